The van der Waals surface area contributed by atoms with Gasteiger partial charge in [0.25, 0.3) is 0 Å². The first-order chi connectivity index (χ1) is 20.4. The molecule has 0 bridgehead atoms. The van der Waals surface area contributed by atoms with Gasteiger partial charge in [-0.3, -0.25) is 0 Å². The number of aromatic hydroxyl groups is 1. The maximum atomic E-state index is 13.9. The lowest BCUT2D eigenvalue weighted by Crippen LogP contribution is -2.58. The van der Waals surface area contributed by atoms with Gasteiger partial charge in [0.15, 0.2) is 8.32 Å². The summed E-state index contributed by atoms with van der Waals surface area (Å²) in [5, 5.41) is 23.1. The van der Waals surface area contributed by atoms with Gasteiger partial charge in [0.05, 0.1) is 29.8 Å². The third-order valence-electron chi connectivity index (χ3n) is 9.89. The van der Waals surface area contributed by atoms with E-state index in [4.69, 9.17) is 4.43 Å². The van der Waals surface area contributed by atoms with Crippen molar-refractivity contribution in [3.05, 3.63) is 93.7 Å². The summed E-state index contributed by atoms with van der Waals surface area (Å²) >= 11 is 3.49. The number of nitrogens with zero attached hydrogens (tertiary/aromatic N) is 1. The van der Waals surface area contributed by atoms with Gasteiger partial charge in [-0.1, -0.05) is 67.0 Å². The van der Waals surface area contributed by atoms with E-state index in [1.165, 1.54) is 17.7 Å². The molecule has 2 N–H and O–H groups in total. The van der Waals surface area contributed by atoms with E-state index >= 15 is 0 Å². The van der Waals surface area contributed by atoms with E-state index in [0.717, 1.165) is 27.3 Å². The molecule has 1 aliphatic rings. The van der Waals surface area contributed by atoms with Crippen LogP contribution in [-0.2, 0) is 10.5 Å². The lowest BCUT2D eigenvalue weighted by atomic mass is 9.77. The van der Waals surface area contributed by atoms with Gasteiger partial charge in [0, 0.05) is 21.6 Å². The molecule has 0 spiro atoms. The maximum absolute atomic E-state index is 13.9. The number of rotatable bonds is 10. The van der Waals surface area contributed by atoms with Crippen molar-refractivity contribution in [2.24, 2.45) is 5.92 Å². The minimum atomic E-state index is -2.15. The number of hydrogen-bond acceptors (Lipinski definition) is 4. The lowest BCUT2D eigenvalue weighted by molar-refractivity contribution is -0.00672. The van der Waals surface area contributed by atoms with E-state index in [0.29, 0.717) is 17.9 Å². The third-order valence-corrected chi connectivity index (χ3v) is 18.4. The van der Waals surface area contributed by atoms with Crippen LogP contribution in [0.1, 0.15) is 83.2 Å². The van der Waals surface area contributed by atoms with Crippen molar-refractivity contribution < 1.29 is 19.0 Å². The van der Waals surface area contributed by atoms with Gasteiger partial charge in [0.1, 0.15) is 17.8 Å². The average Bonchev–Trinajstić information content (AvgIpc) is 2.91. The predicted octanol–water partition coefficient (Wildman–Crippen LogP) is 10.3. The fourth-order valence-corrected chi connectivity index (χ4v) is 8.68. The molecule has 0 saturated carbocycles. The van der Waals surface area contributed by atoms with Gasteiger partial charge in [-0.25, -0.2) is 4.39 Å². The molecule has 4 rings (SSSR count). The maximum Gasteiger partial charge on any atom is 0.321 e. The Bertz CT molecular complexity index is 1420. The third kappa shape index (κ3) is 7.87. The summed E-state index contributed by atoms with van der Waals surface area (Å²) in [5.74, 6) is -0.185. The van der Waals surface area contributed by atoms with Gasteiger partial charge in [0.2, 0.25) is 0 Å². The van der Waals surface area contributed by atoms with Crippen molar-refractivity contribution in [2.75, 3.05) is 4.90 Å². The van der Waals surface area contributed by atoms with Crippen LogP contribution in [0.3, 0.4) is 0 Å². The van der Waals surface area contributed by atoms with E-state index in [1.807, 2.05) is 24.3 Å². The Morgan fingerprint density at radius 2 is 1.66 bits per heavy atom. The number of phenolic OH excluding ortho intramolecular Hbond substituents is 1. The van der Waals surface area contributed by atoms with Crippen LogP contribution in [0.5, 0.6) is 5.75 Å². The van der Waals surface area contributed by atoms with E-state index < -0.39 is 23.3 Å². The average molecular weight is 700 g/mol. The van der Waals surface area contributed by atoms with E-state index in [2.05, 4.69) is 106 Å². The van der Waals surface area contributed by atoms with Crippen LogP contribution in [0.2, 0.25) is 29.7 Å². The van der Waals surface area contributed by atoms with E-state index in [9.17, 15) is 14.6 Å². The summed E-state index contributed by atoms with van der Waals surface area (Å²) in [7, 11) is -2.77. The Kier molecular flexibility index (Phi) is 10.6. The second-order valence-electron chi connectivity index (χ2n) is 15.0. The summed E-state index contributed by atoms with van der Waals surface area (Å²) in [5.41, 5.74) is 4.00. The number of anilines is 1. The Hall–Kier alpha value is -1.98. The van der Waals surface area contributed by atoms with Crippen molar-refractivity contribution in [1.29, 1.82) is 0 Å². The Morgan fingerprint density at radius 1 is 1.00 bits per heavy atom. The van der Waals surface area contributed by atoms with Gasteiger partial charge in [-0.05, 0) is 99.3 Å². The molecule has 3 aromatic rings. The van der Waals surface area contributed by atoms with Crippen LogP contribution >= 0.6 is 15.9 Å². The lowest BCUT2D eigenvalue weighted by Gasteiger charge is -2.54. The van der Waals surface area contributed by atoms with Gasteiger partial charge >= 0.3 is 8.80 Å². The van der Waals surface area contributed by atoms with Crippen LogP contribution in [0.15, 0.2) is 71.2 Å². The van der Waals surface area contributed by atoms with Crippen molar-refractivity contribution in [3.8, 4) is 5.75 Å². The fourth-order valence-electron chi connectivity index (χ4n) is 5.65. The molecule has 4 nitrogen and oxygen atoms in total. The zero-order chi connectivity index (χ0) is 32.6. The Labute approximate surface area is 275 Å². The molecule has 1 unspecified atom stereocenters. The molecule has 238 valence electrons. The van der Waals surface area contributed by atoms with Crippen LogP contribution in [0.4, 0.5) is 10.1 Å². The molecule has 1 heterocycles. The van der Waals surface area contributed by atoms with Gasteiger partial charge in [-0.15, -0.1) is 0 Å². The molecule has 4 atom stereocenters. The Balaban J connectivity index is 1.65. The monoisotopic (exact) mass is 698 g/mol. The second kappa shape index (κ2) is 13.4. The van der Waals surface area contributed by atoms with Crippen LogP contribution in [0.25, 0.3) is 0 Å². The first-order valence-electron chi connectivity index (χ1n) is 15.7. The fraction of sp³-hybridized carbons (Fsp3) is 0.500. The normalized spacial score (nSPS) is 19.9. The molecule has 1 aliphatic heterocycles. The molecule has 0 amide bonds. The van der Waals surface area contributed by atoms with Crippen LogP contribution < -0.4 is 4.90 Å². The van der Waals surface area contributed by atoms with E-state index in [-0.39, 0.29) is 34.7 Å². The largest absolute Gasteiger partial charge is 0.508 e. The summed E-state index contributed by atoms with van der Waals surface area (Å²) in [6.07, 6.45) is 0.423. The minimum absolute atomic E-state index is 0.0153. The standard InChI is InChI=1S/C36H49BrFNO3Si2/c1-35(2,3)43(7)23-24-11-10-12-28(21-24)39-33(29-18-15-26(37)22-31(29)40)30(34(39)41)19-20-32(25-13-16-27(38)17-14-25)42-44(8,9)36(4,5)6/h10-18,21-22,30,32-34,41H,19-20,23H2,1-9H3/p+1/t30-,32+,33-,34?/m1/s1. The number of halogens is 2. The molecular weight excluding hydrogens is 649 g/mol. The smallest absolute Gasteiger partial charge is 0.321 e. The molecule has 0 radical (unpaired) electrons. The van der Waals surface area contributed by atoms with E-state index in [1.54, 1.807) is 6.07 Å². The second-order valence-corrected chi connectivity index (χ2v) is 24.1. The number of hydrogen-bond donors (Lipinski definition) is 2. The number of aliphatic hydroxyl groups is 1. The molecule has 0 aromatic heterocycles. The van der Waals surface area contributed by atoms with Crippen molar-refractivity contribution in [3.63, 3.8) is 0 Å². The summed E-state index contributed by atoms with van der Waals surface area (Å²) in [6, 6.07) is 21.6. The highest BCUT2D eigenvalue weighted by molar-refractivity contribution is 9.10. The molecule has 8 heteroatoms. The van der Waals surface area contributed by atoms with Crippen molar-refractivity contribution >= 4 is 38.7 Å². The first-order valence-corrected chi connectivity index (χ1v) is 21.6. The molecule has 0 aliphatic carbocycles. The highest BCUT2D eigenvalue weighted by Crippen LogP contribution is 2.52. The predicted molar refractivity (Wildman–Crippen MR) is 189 cm³/mol. The molecular formula is C36H50BrFNO3Si2+. The molecule has 44 heavy (non-hydrogen) atoms. The summed E-state index contributed by atoms with van der Waals surface area (Å²) in [6.45, 7) is 20.5. The van der Waals surface area contributed by atoms with Crippen LogP contribution in [-0.4, -0.2) is 33.6 Å². The molecule has 3 aromatic carbocycles. The highest BCUT2D eigenvalue weighted by atomic mass is 79.9. The van der Waals surface area contributed by atoms with Gasteiger partial charge < -0.3 is 19.5 Å². The van der Waals surface area contributed by atoms with Gasteiger partial charge in [-0.2, -0.15) is 0 Å². The summed E-state index contributed by atoms with van der Waals surface area (Å²) < 4.78 is 21.6. The number of phenols is 1. The number of aliphatic hydroxyl groups excluding tert-OH is 1. The number of benzene rings is 3. The zero-order valence-electron chi connectivity index (χ0n) is 27.8. The topological polar surface area (TPSA) is 52.9 Å². The van der Waals surface area contributed by atoms with Crippen LogP contribution in [0, 0.1) is 11.7 Å². The summed E-state index contributed by atoms with van der Waals surface area (Å²) in [4.78, 5) is 2.05. The SMILES string of the molecule is C[Si+](Cc1cccc(N2C(O)[C@H](CC[C@H](O[Si](C)(C)C(C)(C)C)c3ccc(F)cc3)[C@H]2c2ccc(Br)cc2O)c1)C(C)(C)C. The van der Waals surface area contributed by atoms with Crippen molar-refractivity contribution in [1.82, 2.24) is 0 Å². The first kappa shape index (κ1) is 34.9. The quantitative estimate of drug-likeness (QED) is 0.207. The Morgan fingerprint density at radius 3 is 2.25 bits per heavy atom. The minimum Gasteiger partial charge on any atom is -0.508 e. The molecule has 1 fully saturated rings. The van der Waals surface area contributed by atoms with Crippen molar-refractivity contribution in [2.45, 2.75) is 109 Å². The molecule has 1 saturated heterocycles. The highest BCUT2D eigenvalue weighted by Gasteiger charge is 2.50. The zero-order valence-corrected chi connectivity index (χ0v) is 31.4.